The van der Waals surface area contributed by atoms with Crippen LogP contribution in [-0.2, 0) is 16.1 Å². The molecule has 0 aliphatic carbocycles. The standard InChI is InChI=1S/C21H16N2O5S2/c24-12-7-5-11(6-8-12)22-16(25)9-23-19-18(30-21(23)27)17-13-3-1-2-4-15(13)28-20(26)14(17)10-29-19/h1-8,14,17,24H,9-10H2,(H,22,25). The largest absolute Gasteiger partial charge is 0.508 e. The SMILES string of the molecule is O=C(Cn1c2c(sc1=O)C1c3ccccc3OC(=O)C1CS2)Nc1ccc(O)cc1. The van der Waals surface area contributed by atoms with Crippen LogP contribution in [0, 0.1) is 5.92 Å². The van der Waals surface area contributed by atoms with Crippen LogP contribution in [0.3, 0.4) is 0 Å². The van der Waals surface area contributed by atoms with Crippen LogP contribution >= 0.6 is 23.1 Å². The van der Waals surface area contributed by atoms with Gasteiger partial charge in [-0.15, -0.1) is 11.8 Å². The predicted octanol–water partition coefficient (Wildman–Crippen LogP) is 3.03. The third-order valence-corrected chi connectivity index (χ3v) is 7.61. The minimum atomic E-state index is -0.352. The van der Waals surface area contributed by atoms with Crippen molar-refractivity contribution in [2.45, 2.75) is 17.5 Å². The summed E-state index contributed by atoms with van der Waals surface area (Å²) in [5.74, 6) is -0.0931. The number of thioether (sulfide) groups is 1. The van der Waals surface area contributed by atoms with Crippen molar-refractivity contribution in [3.8, 4) is 11.5 Å². The molecule has 2 aliphatic heterocycles. The van der Waals surface area contributed by atoms with E-state index in [1.54, 1.807) is 18.2 Å². The molecule has 5 rings (SSSR count). The van der Waals surface area contributed by atoms with Crippen molar-refractivity contribution >= 4 is 40.7 Å². The van der Waals surface area contributed by atoms with Crippen LogP contribution in [0.2, 0.25) is 0 Å². The third kappa shape index (κ3) is 3.20. The van der Waals surface area contributed by atoms with E-state index < -0.39 is 0 Å². The number of phenols is 1. The molecular formula is C21H16N2O5S2. The van der Waals surface area contributed by atoms with Crippen LogP contribution in [0.25, 0.3) is 0 Å². The number of hydrogen-bond acceptors (Lipinski definition) is 7. The van der Waals surface area contributed by atoms with E-state index in [4.69, 9.17) is 4.74 Å². The van der Waals surface area contributed by atoms with Crippen LogP contribution in [-0.4, -0.2) is 27.3 Å². The van der Waals surface area contributed by atoms with Gasteiger partial charge in [0.25, 0.3) is 0 Å². The molecule has 0 saturated heterocycles. The highest BCUT2D eigenvalue weighted by atomic mass is 32.2. The van der Waals surface area contributed by atoms with E-state index in [1.807, 2.05) is 18.2 Å². The average molecular weight is 441 g/mol. The number of carbonyl (C=O) groups is 2. The summed E-state index contributed by atoms with van der Waals surface area (Å²) >= 11 is 2.49. The zero-order chi connectivity index (χ0) is 20.8. The molecule has 2 unspecified atom stereocenters. The van der Waals surface area contributed by atoms with Crippen LogP contribution in [0.15, 0.2) is 58.4 Å². The summed E-state index contributed by atoms with van der Waals surface area (Å²) in [6.07, 6.45) is 0. The van der Waals surface area contributed by atoms with Gasteiger partial charge in [-0.1, -0.05) is 29.5 Å². The molecule has 3 aromatic rings. The van der Waals surface area contributed by atoms with Crippen molar-refractivity contribution in [2.75, 3.05) is 11.1 Å². The molecule has 2 N–H and O–H groups in total. The average Bonchev–Trinajstić information content (AvgIpc) is 3.05. The van der Waals surface area contributed by atoms with Gasteiger partial charge in [-0.25, -0.2) is 0 Å². The lowest BCUT2D eigenvalue weighted by atomic mass is 9.83. The first-order valence-corrected chi connectivity index (χ1v) is 11.1. The minimum absolute atomic E-state index is 0.105. The zero-order valence-electron chi connectivity index (χ0n) is 15.5. The summed E-state index contributed by atoms with van der Waals surface area (Å²) in [6, 6.07) is 13.5. The smallest absolute Gasteiger partial charge is 0.316 e. The lowest BCUT2D eigenvalue weighted by Crippen LogP contribution is -2.36. The van der Waals surface area contributed by atoms with Gasteiger partial charge in [0.05, 0.1) is 10.9 Å². The minimum Gasteiger partial charge on any atom is -0.508 e. The van der Waals surface area contributed by atoms with E-state index in [9.17, 15) is 19.5 Å². The van der Waals surface area contributed by atoms with E-state index in [1.165, 1.54) is 28.5 Å². The highest BCUT2D eigenvalue weighted by Gasteiger charge is 2.44. The fourth-order valence-corrected chi connectivity index (χ4v) is 6.47. The van der Waals surface area contributed by atoms with Crippen molar-refractivity contribution in [3.05, 3.63) is 68.6 Å². The number of nitrogens with zero attached hydrogens (tertiary/aromatic N) is 1. The molecule has 2 atom stereocenters. The molecule has 1 aromatic heterocycles. The number of phenolic OH excluding ortho intramolecular Hbond substituents is 1. The fraction of sp³-hybridized carbons (Fsp3) is 0.190. The number of carbonyl (C=O) groups excluding carboxylic acids is 2. The van der Waals surface area contributed by atoms with Gasteiger partial charge in [0.15, 0.2) is 0 Å². The van der Waals surface area contributed by atoms with E-state index in [-0.39, 0.29) is 40.9 Å². The number of esters is 1. The molecule has 9 heteroatoms. The zero-order valence-corrected chi connectivity index (χ0v) is 17.2. The predicted molar refractivity (Wildman–Crippen MR) is 113 cm³/mol. The molecule has 3 heterocycles. The first-order chi connectivity index (χ1) is 14.5. The van der Waals surface area contributed by atoms with Gasteiger partial charge in [0.2, 0.25) is 5.91 Å². The molecule has 0 radical (unpaired) electrons. The summed E-state index contributed by atoms with van der Waals surface area (Å²) in [7, 11) is 0. The van der Waals surface area contributed by atoms with Gasteiger partial charge >= 0.3 is 10.8 Å². The molecule has 2 aliphatic rings. The van der Waals surface area contributed by atoms with Gasteiger partial charge in [-0.3, -0.25) is 19.0 Å². The first-order valence-electron chi connectivity index (χ1n) is 9.27. The number of fused-ring (bicyclic) bond motifs is 5. The monoisotopic (exact) mass is 440 g/mol. The molecule has 0 bridgehead atoms. The van der Waals surface area contributed by atoms with Gasteiger partial charge < -0.3 is 15.2 Å². The van der Waals surface area contributed by atoms with Crippen molar-refractivity contribution in [1.82, 2.24) is 4.57 Å². The van der Waals surface area contributed by atoms with Gasteiger partial charge in [-0.2, -0.15) is 0 Å². The maximum Gasteiger partial charge on any atom is 0.316 e. The molecule has 152 valence electrons. The number of benzene rings is 2. The van der Waals surface area contributed by atoms with Crippen LogP contribution in [0.1, 0.15) is 16.4 Å². The summed E-state index contributed by atoms with van der Waals surface area (Å²) in [4.78, 5) is 38.3. The number of rotatable bonds is 3. The number of aromatic nitrogens is 1. The Morgan fingerprint density at radius 1 is 1.17 bits per heavy atom. The lowest BCUT2D eigenvalue weighted by molar-refractivity contribution is -0.140. The first kappa shape index (κ1) is 19.0. The van der Waals surface area contributed by atoms with Crippen LogP contribution in [0.4, 0.5) is 5.69 Å². The summed E-state index contributed by atoms with van der Waals surface area (Å²) in [5.41, 5.74) is 1.43. The van der Waals surface area contributed by atoms with E-state index in [0.29, 0.717) is 17.2 Å². The molecule has 0 saturated carbocycles. The second-order valence-corrected chi connectivity index (χ2v) is 9.07. The fourth-order valence-electron chi connectivity index (χ4n) is 3.80. The quantitative estimate of drug-likeness (QED) is 0.369. The normalized spacial score (nSPS) is 19.3. The maximum absolute atomic E-state index is 12.7. The molecule has 7 nitrogen and oxygen atoms in total. The molecular weight excluding hydrogens is 424 g/mol. The number of para-hydroxylation sites is 1. The van der Waals surface area contributed by atoms with E-state index in [0.717, 1.165) is 26.8 Å². The van der Waals surface area contributed by atoms with Crippen molar-refractivity contribution < 1.29 is 19.4 Å². The maximum atomic E-state index is 12.7. The number of anilines is 1. The number of ether oxygens (including phenoxy) is 1. The van der Waals surface area contributed by atoms with E-state index >= 15 is 0 Å². The molecule has 0 fully saturated rings. The Morgan fingerprint density at radius 2 is 1.93 bits per heavy atom. The van der Waals surface area contributed by atoms with Gasteiger partial charge in [0.1, 0.15) is 18.0 Å². The third-order valence-electron chi connectivity index (χ3n) is 5.18. The number of nitrogens with one attached hydrogen (secondary N) is 1. The Labute approximate surface area is 179 Å². The Morgan fingerprint density at radius 3 is 2.73 bits per heavy atom. The Hall–Kier alpha value is -3.04. The van der Waals surface area contributed by atoms with E-state index in [2.05, 4.69) is 5.32 Å². The van der Waals surface area contributed by atoms with Crippen molar-refractivity contribution in [2.24, 2.45) is 5.92 Å². The highest BCUT2D eigenvalue weighted by molar-refractivity contribution is 7.99. The lowest BCUT2D eigenvalue weighted by Gasteiger charge is -2.34. The molecule has 1 amide bonds. The second-order valence-electron chi connectivity index (χ2n) is 7.07. The summed E-state index contributed by atoms with van der Waals surface area (Å²) in [6.45, 7) is -0.123. The van der Waals surface area contributed by atoms with Gasteiger partial charge in [0, 0.05) is 27.8 Å². The number of amides is 1. The van der Waals surface area contributed by atoms with Crippen LogP contribution < -0.4 is 14.9 Å². The Kier molecular flexibility index (Phi) is 4.63. The van der Waals surface area contributed by atoms with Gasteiger partial charge in [-0.05, 0) is 30.3 Å². The summed E-state index contributed by atoms with van der Waals surface area (Å²) in [5, 5.41) is 12.8. The summed E-state index contributed by atoms with van der Waals surface area (Å²) < 4.78 is 6.95. The molecule has 30 heavy (non-hydrogen) atoms. The number of hydrogen-bond donors (Lipinski definition) is 2. The Bertz CT molecular complexity index is 1210. The highest BCUT2D eigenvalue weighted by Crippen LogP contribution is 2.50. The van der Waals surface area contributed by atoms with Crippen LogP contribution in [0.5, 0.6) is 11.5 Å². The van der Waals surface area contributed by atoms with Crippen molar-refractivity contribution in [1.29, 1.82) is 0 Å². The topological polar surface area (TPSA) is 97.6 Å². The number of aromatic hydroxyl groups is 1. The molecule has 0 spiro atoms. The molecule has 2 aromatic carbocycles. The number of thiazole rings is 1. The second kappa shape index (κ2) is 7.33. The Balaban J connectivity index is 1.47. The van der Waals surface area contributed by atoms with Crippen molar-refractivity contribution in [3.63, 3.8) is 0 Å².